The first-order chi connectivity index (χ1) is 10.3. The van der Waals surface area contributed by atoms with Crippen molar-refractivity contribution in [3.05, 3.63) is 17.3 Å². The van der Waals surface area contributed by atoms with Gasteiger partial charge in [-0.2, -0.15) is 0 Å². The summed E-state index contributed by atoms with van der Waals surface area (Å²) in [6.45, 7) is 0.860. The van der Waals surface area contributed by atoms with Crippen LogP contribution in [0.3, 0.4) is 0 Å². The van der Waals surface area contributed by atoms with Gasteiger partial charge in [-0.15, -0.1) is 21.5 Å². The molecule has 3 aromatic heterocycles. The average molecular weight is 356 g/mol. The predicted octanol–water partition coefficient (Wildman–Crippen LogP) is 3.37. The Morgan fingerprint density at radius 2 is 2.24 bits per heavy atom. The highest BCUT2D eigenvalue weighted by atomic mass is 32.2. The van der Waals surface area contributed by atoms with E-state index in [2.05, 4.69) is 31.5 Å². The van der Waals surface area contributed by atoms with Gasteiger partial charge in [0, 0.05) is 24.2 Å². The minimum absolute atomic E-state index is 0.691. The minimum Gasteiger partial charge on any atom is -0.308 e. The minimum atomic E-state index is 0.691. The molecule has 0 amide bonds. The lowest BCUT2D eigenvalue weighted by atomic mass is 10.4. The fourth-order valence-electron chi connectivity index (χ4n) is 1.99. The zero-order valence-corrected chi connectivity index (χ0v) is 14.5. The molecule has 1 N–H and O–H groups in total. The van der Waals surface area contributed by atoms with Gasteiger partial charge in [-0.25, -0.2) is 4.98 Å². The third kappa shape index (κ3) is 2.98. The van der Waals surface area contributed by atoms with E-state index in [1.807, 2.05) is 6.26 Å². The van der Waals surface area contributed by atoms with Crippen LogP contribution in [0, 0.1) is 0 Å². The number of aromatic nitrogens is 4. The predicted molar refractivity (Wildman–Crippen MR) is 88.7 cm³/mol. The maximum absolute atomic E-state index is 4.74. The van der Waals surface area contributed by atoms with E-state index in [0.29, 0.717) is 6.04 Å². The Kier molecular flexibility index (Phi) is 3.92. The Morgan fingerprint density at radius 3 is 3.00 bits per heavy atom. The number of fused-ring (bicyclic) bond motifs is 1. The Morgan fingerprint density at radius 1 is 1.38 bits per heavy atom. The quantitative estimate of drug-likeness (QED) is 0.684. The largest absolute Gasteiger partial charge is 0.308 e. The summed E-state index contributed by atoms with van der Waals surface area (Å²) in [5, 5.41) is 15.1. The molecule has 0 unspecified atom stereocenters. The summed E-state index contributed by atoms with van der Waals surface area (Å²) in [7, 11) is 0. The standard InChI is InChI=1S/C12H13N5S4/c1-18-11-15-16-12(21-11)20-9-8(6-13-7-2-3-7)17-4-5-19-10(17)14-9/h4-5,7,13H,2-3,6H2,1H3. The smallest absolute Gasteiger partial charge is 0.194 e. The van der Waals surface area contributed by atoms with Crippen LogP contribution in [-0.4, -0.2) is 31.9 Å². The molecule has 0 spiro atoms. The topological polar surface area (TPSA) is 55.1 Å². The molecule has 1 fully saturated rings. The number of hydrogen-bond acceptors (Lipinski definition) is 8. The van der Waals surface area contributed by atoms with Crippen molar-refractivity contribution < 1.29 is 0 Å². The Labute approximate surface area is 138 Å². The van der Waals surface area contributed by atoms with Crippen LogP contribution < -0.4 is 5.32 Å². The van der Waals surface area contributed by atoms with Crippen molar-refractivity contribution in [2.24, 2.45) is 0 Å². The number of hydrogen-bond donors (Lipinski definition) is 1. The molecular weight excluding hydrogens is 342 g/mol. The molecule has 1 aliphatic carbocycles. The monoisotopic (exact) mass is 355 g/mol. The summed E-state index contributed by atoms with van der Waals surface area (Å²) < 4.78 is 4.13. The zero-order valence-electron chi connectivity index (χ0n) is 11.3. The van der Waals surface area contributed by atoms with E-state index in [4.69, 9.17) is 4.98 Å². The van der Waals surface area contributed by atoms with Crippen LogP contribution in [-0.2, 0) is 6.54 Å². The first-order valence-electron chi connectivity index (χ1n) is 6.56. The van der Waals surface area contributed by atoms with Gasteiger partial charge in [0.25, 0.3) is 0 Å². The summed E-state index contributed by atoms with van der Waals surface area (Å²) in [6, 6.07) is 0.691. The van der Waals surface area contributed by atoms with Crippen LogP contribution in [0.1, 0.15) is 18.5 Å². The van der Waals surface area contributed by atoms with Gasteiger partial charge in [-0.1, -0.05) is 23.1 Å². The molecule has 0 radical (unpaired) electrons. The van der Waals surface area contributed by atoms with E-state index in [-0.39, 0.29) is 0 Å². The maximum Gasteiger partial charge on any atom is 0.194 e. The molecule has 1 saturated carbocycles. The first-order valence-corrected chi connectivity index (χ1v) is 10.3. The van der Waals surface area contributed by atoms with Crippen LogP contribution in [0.5, 0.6) is 0 Å². The van der Waals surface area contributed by atoms with Gasteiger partial charge >= 0.3 is 0 Å². The second-order valence-electron chi connectivity index (χ2n) is 4.71. The van der Waals surface area contributed by atoms with Gasteiger partial charge in [-0.3, -0.25) is 4.40 Å². The molecule has 0 bridgehead atoms. The van der Waals surface area contributed by atoms with E-state index < -0.39 is 0 Å². The summed E-state index contributed by atoms with van der Waals surface area (Å²) in [6.07, 6.45) is 6.70. The molecule has 110 valence electrons. The van der Waals surface area contributed by atoms with E-state index in [1.54, 1.807) is 46.2 Å². The van der Waals surface area contributed by atoms with Gasteiger partial charge in [0.05, 0.1) is 5.69 Å². The molecule has 1 aliphatic rings. The van der Waals surface area contributed by atoms with Crippen molar-refractivity contribution in [2.75, 3.05) is 6.26 Å². The van der Waals surface area contributed by atoms with Gasteiger partial charge < -0.3 is 5.32 Å². The summed E-state index contributed by atoms with van der Waals surface area (Å²) in [4.78, 5) is 5.78. The third-order valence-electron chi connectivity index (χ3n) is 3.21. The summed E-state index contributed by atoms with van der Waals surface area (Å²) in [5.74, 6) is 0. The molecule has 0 aromatic carbocycles. The summed E-state index contributed by atoms with van der Waals surface area (Å²) in [5.41, 5.74) is 1.23. The maximum atomic E-state index is 4.74. The van der Waals surface area contributed by atoms with Crippen molar-refractivity contribution in [3.8, 4) is 0 Å². The fourth-order valence-corrected chi connectivity index (χ4v) is 5.25. The molecule has 0 saturated heterocycles. The van der Waals surface area contributed by atoms with Crippen molar-refractivity contribution >= 4 is 51.2 Å². The number of nitrogens with one attached hydrogen (secondary N) is 1. The second-order valence-corrected chi connectivity index (χ2v) is 8.85. The van der Waals surface area contributed by atoms with E-state index in [9.17, 15) is 0 Å². The normalized spacial score (nSPS) is 15.1. The van der Waals surface area contributed by atoms with Crippen LogP contribution >= 0.6 is 46.2 Å². The molecule has 21 heavy (non-hydrogen) atoms. The lowest BCUT2D eigenvalue weighted by molar-refractivity contribution is 0.661. The molecule has 0 aliphatic heterocycles. The van der Waals surface area contributed by atoms with Gasteiger partial charge in [-0.05, 0) is 30.9 Å². The fraction of sp³-hybridized carbons (Fsp3) is 0.417. The zero-order chi connectivity index (χ0) is 14.2. The third-order valence-corrected chi connectivity index (χ3v) is 6.93. The highest BCUT2D eigenvalue weighted by molar-refractivity contribution is 8.03. The molecular formula is C12H13N5S4. The van der Waals surface area contributed by atoms with Crippen LogP contribution in [0.25, 0.3) is 4.96 Å². The highest BCUT2D eigenvalue weighted by Gasteiger charge is 2.23. The van der Waals surface area contributed by atoms with Crippen LogP contribution in [0.2, 0.25) is 0 Å². The number of thioether (sulfide) groups is 1. The highest BCUT2D eigenvalue weighted by Crippen LogP contribution is 2.35. The van der Waals surface area contributed by atoms with Crippen molar-refractivity contribution in [3.63, 3.8) is 0 Å². The molecule has 4 rings (SSSR count). The van der Waals surface area contributed by atoms with Crippen LogP contribution in [0.4, 0.5) is 0 Å². The average Bonchev–Trinajstić information content (AvgIpc) is 2.90. The van der Waals surface area contributed by atoms with Crippen molar-refractivity contribution in [1.29, 1.82) is 0 Å². The Balaban J connectivity index is 1.62. The second kappa shape index (κ2) is 5.88. The molecule has 9 heteroatoms. The van der Waals surface area contributed by atoms with E-state index in [1.165, 1.54) is 18.5 Å². The van der Waals surface area contributed by atoms with Gasteiger partial charge in [0.1, 0.15) is 5.03 Å². The number of imidazole rings is 1. The lowest BCUT2D eigenvalue weighted by Gasteiger charge is -2.03. The SMILES string of the molecule is CSc1nnc(Sc2nc3sccn3c2CNC2CC2)s1. The number of thiazole rings is 1. The Bertz CT molecular complexity index is 757. The Hall–Kier alpha value is -0.610. The number of rotatable bonds is 6. The molecule has 0 atom stereocenters. The van der Waals surface area contributed by atoms with Crippen molar-refractivity contribution in [2.45, 2.75) is 39.1 Å². The van der Waals surface area contributed by atoms with Gasteiger partial charge in [0.15, 0.2) is 13.6 Å². The van der Waals surface area contributed by atoms with Gasteiger partial charge in [0.2, 0.25) is 0 Å². The molecule has 5 nitrogen and oxygen atoms in total. The lowest BCUT2D eigenvalue weighted by Crippen LogP contribution is -2.16. The van der Waals surface area contributed by atoms with E-state index in [0.717, 1.165) is 25.2 Å². The molecule has 3 heterocycles. The van der Waals surface area contributed by atoms with Crippen molar-refractivity contribution in [1.82, 2.24) is 24.9 Å². The molecule has 3 aromatic rings. The number of nitrogens with zero attached hydrogens (tertiary/aromatic N) is 4. The van der Waals surface area contributed by atoms with Crippen LogP contribution in [0.15, 0.2) is 25.3 Å². The van der Waals surface area contributed by atoms with E-state index >= 15 is 0 Å². The first kappa shape index (κ1) is 14.0. The summed E-state index contributed by atoms with van der Waals surface area (Å²) >= 11 is 6.54.